The SMILES string of the molecule is CC(C)c1nc(CCN=[N+]=[N-])n(C)c1Sc1cccc(F)c1. The lowest BCUT2D eigenvalue weighted by molar-refractivity contribution is 0.624. The molecule has 0 bridgehead atoms. The molecule has 0 saturated heterocycles. The minimum absolute atomic E-state index is 0.248. The van der Waals surface area contributed by atoms with E-state index in [9.17, 15) is 4.39 Å². The standard InChI is InChI=1S/C15H18FN5S/c1-10(2)14-15(22-12-6-4-5-11(16)9-12)21(3)13(19-14)7-8-18-20-17/h4-6,9-10H,7-8H2,1-3H3. The maximum atomic E-state index is 13.4. The second-order valence-corrected chi connectivity index (χ2v) is 6.26. The van der Waals surface area contributed by atoms with E-state index < -0.39 is 0 Å². The molecule has 0 saturated carbocycles. The van der Waals surface area contributed by atoms with Crippen LogP contribution in [0.25, 0.3) is 10.4 Å². The summed E-state index contributed by atoms with van der Waals surface area (Å²) in [6, 6.07) is 6.53. The topological polar surface area (TPSA) is 66.6 Å². The van der Waals surface area contributed by atoms with Crippen LogP contribution in [0.2, 0.25) is 0 Å². The van der Waals surface area contributed by atoms with Gasteiger partial charge in [-0.25, -0.2) is 9.37 Å². The van der Waals surface area contributed by atoms with Crippen LogP contribution in [0.3, 0.4) is 0 Å². The number of benzene rings is 1. The molecule has 1 heterocycles. The molecule has 0 N–H and O–H groups in total. The quantitative estimate of drug-likeness (QED) is 0.440. The minimum Gasteiger partial charge on any atom is -0.326 e. The Hall–Kier alpha value is -1.98. The monoisotopic (exact) mass is 319 g/mol. The van der Waals surface area contributed by atoms with Crippen molar-refractivity contribution in [3.63, 3.8) is 0 Å². The third-order valence-electron chi connectivity index (χ3n) is 3.22. The van der Waals surface area contributed by atoms with Gasteiger partial charge in [0, 0.05) is 29.8 Å². The molecule has 0 aliphatic rings. The third-order valence-corrected chi connectivity index (χ3v) is 4.38. The summed E-state index contributed by atoms with van der Waals surface area (Å²) >= 11 is 1.50. The third kappa shape index (κ3) is 3.81. The van der Waals surface area contributed by atoms with Crippen molar-refractivity contribution in [2.24, 2.45) is 12.2 Å². The fourth-order valence-electron chi connectivity index (χ4n) is 2.11. The van der Waals surface area contributed by atoms with E-state index in [0.29, 0.717) is 13.0 Å². The van der Waals surface area contributed by atoms with Crippen molar-refractivity contribution in [3.8, 4) is 0 Å². The first-order valence-electron chi connectivity index (χ1n) is 7.02. The summed E-state index contributed by atoms with van der Waals surface area (Å²) in [6.45, 7) is 4.54. The van der Waals surface area contributed by atoms with Gasteiger partial charge in [0.05, 0.1) is 5.69 Å². The van der Waals surface area contributed by atoms with Gasteiger partial charge in [0.25, 0.3) is 0 Å². The van der Waals surface area contributed by atoms with Gasteiger partial charge < -0.3 is 4.57 Å². The zero-order valence-electron chi connectivity index (χ0n) is 12.8. The van der Waals surface area contributed by atoms with E-state index in [0.717, 1.165) is 21.4 Å². The number of imidazole rings is 1. The predicted octanol–water partition coefficient (Wildman–Crippen LogP) is 4.69. The normalized spacial score (nSPS) is 10.8. The van der Waals surface area contributed by atoms with Gasteiger partial charge in [0.2, 0.25) is 0 Å². The van der Waals surface area contributed by atoms with Crippen LogP contribution in [0, 0.1) is 5.82 Å². The van der Waals surface area contributed by atoms with E-state index in [2.05, 4.69) is 28.9 Å². The molecule has 7 heteroatoms. The Kier molecular flexibility index (Phi) is 5.46. The molecular weight excluding hydrogens is 301 g/mol. The van der Waals surface area contributed by atoms with Crippen molar-refractivity contribution in [2.45, 2.75) is 36.1 Å². The van der Waals surface area contributed by atoms with E-state index in [1.807, 2.05) is 17.7 Å². The summed E-state index contributed by atoms with van der Waals surface area (Å²) in [5, 5.41) is 4.56. The smallest absolute Gasteiger partial charge is 0.124 e. The van der Waals surface area contributed by atoms with Crippen LogP contribution >= 0.6 is 11.8 Å². The van der Waals surface area contributed by atoms with Crippen LogP contribution in [-0.4, -0.2) is 16.1 Å². The lowest BCUT2D eigenvalue weighted by atomic mass is 10.1. The molecule has 0 aliphatic carbocycles. The predicted molar refractivity (Wildman–Crippen MR) is 85.5 cm³/mol. The number of halogens is 1. The van der Waals surface area contributed by atoms with Crippen LogP contribution in [0.1, 0.15) is 31.3 Å². The molecule has 2 rings (SSSR count). The fraction of sp³-hybridized carbons (Fsp3) is 0.400. The Morgan fingerprint density at radius 2 is 2.23 bits per heavy atom. The van der Waals surface area contributed by atoms with E-state index in [1.54, 1.807) is 6.07 Å². The maximum absolute atomic E-state index is 13.4. The summed E-state index contributed by atoms with van der Waals surface area (Å²) in [5.41, 5.74) is 9.35. The average Bonchev–Trinajstić information content (AvgIpc) is 2.77. The van der Waals surface area contributed by atoms with Gasteiger partial charge in [-0.15, -0.1) is 0 Å². The zero-order chi connectivity index (χ0) is 16.1. The van der Waals surface area contributed by atoms with Gasteiger partial charge in [-0.3, -0.25) is 0 Å². The lowest BCUT2D eigenvalue weighted by Crippen LogP contribution is -2.00. The van der Waals surface area contributed by atoms with Crippen LogP contribution in [0.4, 0.5) is 4.39 Å². The summed E-state index contributed by atoms with van der Waals surface area (Å²) in [7, 11) is 1.94. The summed E-state index contributed by atoms with van der Waals surface area (Å²) < 4.78 is 15.4. The van der Waals surface area contributed by atoms with Crippen molar-refractivity contribution in [3.05, 3.63) is 52.0 Å². The second kappa shape index (κ2) is 7.33. The Morgan fingerprint density at radius 3 is 2.86 bits per heavy atom. The molecule has 2 aromatic rings. The Balaban J connectivity index is 2.33. The van der Waals surface area contributed by atoms with Gasteiger partial charge in [0.15, 0.2) is 0 Å². The van der Waals surface area contributed by atoms with E-state index in [1.165, 1.54) is 23.9 Å². The number of nitrogens with zero attached hydrogens (tertiary/aromatic N) is 5. The number of azide groups is 1. The molecule has 116 valence electrons. The molecule has 5 nitrogen and oxygen atoms in total. The first kappa shape index (κ1) is 16.4. The Bertz CT molecular complexity index is 704. The molecule has 0 radical (unpaired) electrons. The summed E-state index contributed by atoms with van der Waals surface area (Å²) in [6.07, 6.45) is 0.587. The van der Waals surface area contributed by atoms with Crippen molar-refractivity contribution in [1.29, 1.82) is 0 Å². The Labute approximate surface area is 133 Å². The van der Waals surface area contributed by atoms with Crippen LogP contribution in [-0.2, 0) is 13.5 Å². The van der Waals surface area contributed by atoms with Crippen molar-refractivity contribution < 1.29 is 4.39 Å². The van der Waals surface area contributed by atoms with Gasteiger partial charge in [-0.2, -0.15) is 0 Å². The van der Waals surface area contributed by atoms with Gasteiger partial charge in [0.1, 0.15) is 16.7 Å². The highest BCUT2D eigenvalue weighted by molar-refractivity contribution is 7.99. The number of hydrogen-bond acceptors (Lipinski definition) is 3. The second-order valence-electron chi connectivity index (χ2n) is 5.20. The molecule has 0 unspecified atom stereocenters. The lowest BCUT2D eigenvalue weighted by Gasteiger charge is -2.08. The van der Waals surface area contributed by atoms with Crippen LogP contribution < -0.4 is 0 Å². The maximum Gasteiger partial charge on any atom is 0.124 e. The largest absolute Gasteiger partial charge is 0.326 e. The highest BCUT2D eigenvalue weighted by Crippen LogP contribution is 2.34. The average molecular weight is 319 g/mol. The molecule has 0 atom stereocenters. The number of rotatable bonds is 6. The molecule has 0 amide bonds. The zero-order valence-corrected chi connectivity index (χ0v) is 13.6. The van der Waals surface area contributed by atoms with Gasteiger partial charge in [-0.1, -0.05) is 36.8 Å². The van der Waals surface area contributed by atoms with E-state index in [4.69, 9.17) is 5.53 Å². The van der Waals surface area contributed by atoms with E-state index >= 15 is 0 Å². The minimum atomic E-state index is -0.248. The van der Waals surface area contributed by atoms with E-state index in [-0.39, 0.29) is 11.7 Å². The highest BCUT2D eigenvalue weighted by atomic mass is 32.2. The van der Waals surface area contributed by atoms with Crippen molar-refractivity contribution in [1.82, 2.24) is 9.55 Å². The van der Waals surface area contributed by atoms with Crippen LogP contribution in [0.15, 0.2) is 39.3 Å². The first-order chi connectivity index (χ1) is 10.5. The number of hydrogen-bond donors (Lipinski definition) is 0. The van der Waals surface area contributed by atoms with Crippen molar-refractivity contribution in [2.75, 3.05) is 6.54 Å². The highest BCUT2D eigenvalue weighted by Gasteiger charge is 2.18. The van der Waals surface area contributed by atoms with Gasteiger partial charge >= 0.3 is 0 Å². The van der Waals surface area contributed by atoms with Crippen LogP contribution in [0.5, 0.6) is 0 Å². The fourth-order valence-corrected chi connectivity index (χ4v) is 3.28. The molecule has 0 fully saturated rings. The molecule has 0 aliphatic heterocycles. The molecular formula is C15H18FN5S. The molecule has 22 heavy (non-hydrogen) atoms. The summed E-state index contributed by atoms with van der Waals surface area (Å²) in [4.78, 5) is 8.27. The summed E-state index contributed by atoms with van der Waals surface area (Å²) in [5.74, 6) is 0.882. The molecule has 1 aromatic heterocycles. The number of aromatic nitrogens is 2. The first-order valence-corrected chi connectivity index (χ1v) is 7.84. The Morgan fingerprint density at radius 1 is 1.45 bits per heavy atom. The van der Waals surface area contributed by atoms with Crippen molar-refractivity contribution >= 4 is 11.8 Å². The van der Waals surface area contributed by atoms with Gasteiger partial charge in [-0.05, 0) is 29.6 Å². The molecule has 0 spiro atoms. The molecule has 1 aromatic carbocycles.